The maximum absolute atomic E-state index is 12.4. The van der Waals surface area contributed by atoms with Crippen LogP contribution in [-0.2, 0) is 9.53 Å². The molecule has 0 aliphatic carbocycles. The molecule has 0 aliphatic rings. The van der Waals surface area contributed by atoms with Crippen LogP contribution in [0.4, 0.5) is 0 Å². The molecule has 0 aromatic rings. The van der Waals surface area contributed by atoms with Crippen molar-refractivity contribution in [2.75, 3.05) is 6.61 Å². The lowest BCUT2D eigenvalue weighted by Crippen LogP contribution is -2.21. The second-order valence-electron chi connectivity index (χ2n) is 8.12. The summed E-state index contributed by atoms with van der Waals surface area (Å²) >= 11 is 0. The van der Waals surface area contributed by atoms with Gasteiger partial charge < -0.3 is 4.74 Å². The van der Waals surface area contributed by atoms with Gasteiger partial charge in [0.05, 0.1) is 12.5 Å². The van der Waals surface area contributed by atoms with Gasteiger partial charge in [-0.1, -0.05) is 111 Å². The minimum atomic E-state index is 0.0578. The Morgan fingerprint density at radius 2 is 1.15 bits per heavy atom. The van der Waals surface area contributed by atoms with E-state index in [9.17, 15) is 4.79 Å². The zero-order chi connectivity index (χ0) is 19.5. The van der Waals surface area contributed by atoms with Gasteiger partial charge in [0.15, 0.2) is 0 Å². The first kappa shape index (κ1) is 25.5. The van der Waals surface area contributed by atoms with Gasteiger partial charge in [0.2, 0.25) is 0 Å². The molecule has 0 amide bonds. The van der Waals surface area contributed by atoms with Crippen LogP contribution in [0.15, 0.2) is 0 Å². The van der Waals surface area contributed by atoms with Gasteiger partial charge in [-0.2, -0.15) is 0 Å². The van der Waals surface area contributed by atoms with Crippen molar-refractivity contribution in [1.29, 1.82) is 0 Å². The van der Waals surface area contributed by atoms with Gasteiger partial charge >= 0.3 is 5.97 Å². The number of unbranched alkanes of at least 4 members (excludes halogenated alkanes) is 10. The van der Waals surface area contributed by atoms with E-state index in [4.69, 9.17) is 4.74 Å². The minimum Gasteiger partial charge on any atom is -0.465 e. The Hall–Kier alpha value is -0.530. The Morgan fingerprint density at radius 3 is 1.69 bits per heavy atom. The van der Waals surface area contributed by atoms with E-state index in [1.807, 2.05) is 0 Å². The highest BCUT2D eigenvalue weighted by molar-refractivity contribution is 5.72. The third kappa shape index (κ3) is 14.6. The molecule has 0 bridgehead atoms. The van der Waals surface area contributed by atoms with Crippen LogP contribution in [0.25, 0.3) is 0 Å². The van der Waals surface area contributed by atoms with Gasteiger partial charge in [-0.25, -0.2) is 0 Å². The molecule has 0 spiro atoms. The Balaban J connectivity index is 3.83. The zero-order valence-electron chi connectivity index (χ0n) is 18.5. The Bertz CT molecular complexity index is 301. The van der Waals surface area contributed by atoms with E-state index in [1.165, 1.54) is 83.5 Å². The summed E-state index contributed by atoms with van der Waals surface area (Å²) in [6, 6.07) is 0. The van der Waals surface area contributed by atoms with E-state index in [0.29, 0.717) is 12.5 Å². The highest BCUT2D eigenvalue weighted by Crippen LogP contribution is 2.19. The van der Waals surface area contributed by atoms with Crippen molar-refractivity contribution in [3.8, 4) is 0 Å². The molecule has 156 valence electrons. The quantitative estimate of drug-likeness (QED) is 0.170. The lowest BCUT2D eigenvalue weighted by atomic mass is 9.97. The molecule has 0 aromatic carbocycles. The largest absolute Gasteiger partial charge is 0.465 e. The Labute approximate surface area is 164 Å². The molecule has 2 atom stereocenters. The van der Waals surface area contributed by atoms with Crippen molar-refractivity contribution in [3.05, 3.63) is 0 Å². The minimum absolute atomic E-state index is 0.0578. The highest BCUT2D eigenvalue weighted by atomic mass is 16.5. The normalized spacial score (nSPS) is 13.5. The molecule has 2 nitrogen and oxygen atoms in total. The predicted octanol–water partition coefficient (Wildman–Crippen LogP) is 8.08. The zero-order valence-corrected chi connectivity index (χ0v) is 18.5. The van der Waals surface area contributed by atoms with Crippen LogP contribution in [0, 0.1) is 11.8 Å². The SMILES string of the molecule is CCCCCCCCCCC(CC)C(=O)OCC(CC)CCCCCC. The van der Waals surface area contributed by atoms with Crippen LogP contribution in [0.1, 0.15) is 130 Å². The van der Waals surface area contributed by atoms with Crippen molar-refractivity contribution < 1.29 is 9.53 Å². The molecule has 0 aromatic heterocycles. The lowest BCUT2D eigenvalue weighted by Gasteiger charge is -2.18. The fraction of sp³-hybridized carbons (Fsp3) is 0.958. The number of rotatable bonds is 19. The first-order valence-corrected chi connectivity index (χ1v) is 11.9. The van der Waals surface area contributed by atoms with Crippen molar-refractivity contribution in [3.63, 3.8) is 0 Å². The second kappa shape index (κ2) is 19.2. The Morgan fingerprint density at radius 1 is 0.654 bits per heavy atom. The standard InChI is InChI=1S/C24H48O2/c1-5-9-11-13-14-15-16-18-20-23(8-4)24(25)26-21-22(7-3)19-17-12-10-6-2/h22-23H,5-21H2,1-4H3. The van der Waals surface area contributed by atoms with Crippen LogP contribution < -0.4 is 0 Å². The summed E-state index contributed by atoms with van der Waals surface area (Å²) < 4.78 is 5.69. The first-order chi connectivity index (χ1) is 12.7. The van der Waals surface area contributed by atoms with Gasteiger partial charge in [0.25, 0.3) is 0 Å². The molecule has 0 saturated heterocycles. The van der Waals surface area contributed by atoms with E-state index in [0.717, 1.165) is 19.3 Å². The molecule has 26 heavy (non-hydrogen) atoms. The molecule has 0 heterocycles. The number of hydrogen-bond acceptors (Lipinski definition) is 2. The first-order valence-electron chi connectivity index (χ1n) is 11.9. The van der Waals surface area contributed by atoms with Gasteiger partial charge in [-0.05, 0) is 25.2 Å². The molecule has 0 aliphatic heterocycles. The summed E-state index contributed by atoms with van der Waals surface area (Å²) in [5.41, 5.74) is 0. The van der Waals surface area contributed by atoms with Crippen molar-refractivity contribution in [2.24, 2.45) is 11.8 Å². The van der Waals surface area contributed by atoms with Gasteiger partial charge in [-0.15, -0.1) is 0 Å². The van der Waals surface area contributed by atoms with E-state index in [1.54, 1.807) is 0 Å². The number of ether oxygens (including phenoxy) is 1. The van der Waals surface area contributed by atoms with Crippen LogP contribution in [0.3, 0.4) is 0 Å². The van der Waals surface area contributed by atoms with Gasteiger partial charge in [0, 0.05) is 0 Å². The Kier molecular flexibility index (Phi) is 18.8. The maximum atomic E-state index is 12.4. The van der Waals surface area contributed by atoms with E-state index < -0.39 is 0 Å². The van der Waals surface area contributed by atoms with Crippen LogP contribution in [0.5, 0.6) is 0 Å². The van der Waals surface area contributed by atoms with Crippen molar-refractivity contribution in [2.45, 2.75) is 130 Å². The van der Waals surface area contributed by atoms with Crippen LogP contribution in [-0.4, -0.2) is 12.6 Å². The maximum Gasteiger partial charge on any atom is 0.308 e. The average molecular weight is 369 g/mol. The molecule has 0 N–H and O–H groups in total. The summed E-state index contributed by atoms with van der Waals surface area (Å²) in [6.07, 6.45) is 20.0. The monoisotopic (exact) mass is 368 g/mol. The summed E-state index contributed by atoms with van der Waals surface area (Å²) in [7, 11) is 0. The molecule has 0 radical (unpaired) electrons. The van der Waals surface area contributed by atoms with Gasteiger partial charge in [0.1, 0.15) is 0 Å². The third-order valence-electron chi connectivity index (χ3n) is 5.74. The fourth-order valence-corrected chi connectivity index (χ4v) is 3.60. The van der Waals surface area contributed by atoms with E-state index in [2.05, 4.69) is 27.7 Å². The topological polar surface area (TPSA) is 26.3 Å². The highest BCUT2D eigenvalue weighted by Gasteiger charge is 2.19. The van der Waals surface area contributed by atoms with Gasteiger partial charge in [-0.3, -0.25) is 4.79 Å². The summed E-state index contributed by atoms with van der Waals surface area (Å²) in [5, 5.41) is 0. The van der Waals surface area contributed by atoms with E-state index in [-0.39, 0.29) is 11.9 Å². The predicted molar refractivity (Wildman–Crippen MR) is 115 cm³/mol. The van der Waals surface area contributed by atoms with Crippen LogP contribution >= 0.6 is 0 Å². The van der Waals surface area contributed by atoms with Crippen molar-refractivity contribution >= 4 is 5.97 Å². The molecule has 2 heteroatoms. The number of hydrogen-bond donors (Lipinski definition) is 0. The molecule has 0 fully saturated rings. The smallest absolute Gasteiger partial charge is 0.308 e. The number of esters is 1. The molecular formula is C24H48O2. The van der Waals surface area contributed by atoms with Crippen molar-refractivity contribution in [1.82, 2.24) is 0 Å². The van der Waals surface area contributed by atoms with Crippen LogP contribution in [0.2, 0.25) is 0 Å². The molecule has 0 rings (SSSR count). The lowest BCUT2D eigenvalue weighted by molar-refractivity contribution is -0.150. The molecule has 0 saturated carbocycles. The average Bonchev–Trinajstić information content (AvgIpc) is 2.66. The fourth-order valence-electron chi connectivity index (χ4n) is 3.60. The van der Waals surface area contributed by atoms with E-state index >= 15 is 0 Å². The summed E-state index contributed by atoms with van der Waals surface area (Å²) in [6.45, 7) is 9.49. The summed E-state index contributed by atoms with van der Waals surface area (Å²) in [4.78, 5) is 12.4. The third-order valence-corrected chi connectivity index (χ3v) is 5.74. The number of carbonyl (C=O) groups is 1. The second-order valence-corrected chi connectivity index (χ2v) is 8.12. The molecular weight excluding hydrogens is 320 g/mol. The summed E-state index contributed by atoms with van der Waals surface area (Å²) in [5.74, 6) is 0.728. The molecule has 2 unspecified atom stereocenters. The number of carbonyl (C=O) groups excluding carboxylic acids is 1.